The van der Waals surface area contributed by atoms with E-state index >= 15 is 0 Å². The molecule has 0 heterocycles. The maximum absolute atomic E-state index is 13.2. The van der Waals surface area contributed by atoms with Crippen LogP contribution in [-0.4, -0.2) is 46.4 Å². The number of hydrogen-bond acceptors (Lipinski definition) is 4. The van der Waals surface area contributed by atoms with Crippen molar-refractivity contribution in [1.82, 2.24) is 4.90 Å². The molecule has 0 aliphatic carbocycles. The Kier molecular flexibility index (Phi) is 6.76. The Labute approximate surface area is 155 Å². The molecule has 0 spiro atoms. The number of likely N-dealkylation sites (N-methyl/N-ethyl adjacent to an activating group) is 1. The standard InChI is InChI=1S/C19H25N3O3S/c1-4-19(23)20-16-10-12-18(13-11-16)26(24,25)22(15-14-21(2)3)17-8-6-5-7-9-17/h5-13H,4,14-15H2,1-3H3,(H,20,23). The number of carbonyl (C=O) groups is 1. The number of sulfonamides is 1. The van der Waals surface area contributed by atoms with Crippen molar-refractivity contribution in [3.63, 3.8) is 0 Å². The third-order valence-corrected chi connectivity index (χ3v) is 5.68. The first kappa shape index (κ1) is 19.9. The SMILES string of the molecule is CCC(=O)Nc1ccc(S(=O)(=O)N(CCN(C)C)c2ccccc2)cc1. The first-order valence-electron chi connectivity index (χ1n) is 8.47. The van der Waals surface area contributed by atoms with E-state index in [-0.39, 0.29) is 10.8 Å². The van der Waals surface area contributed by atoms with Gasteiger partial charge in [0.15, 0.2) is 0 Å². The molecule has 1 amide bonds. The van der Waals surface area contributed by atoms with Gasteiger partial charge in [-0.2, -0.15) is 0 Å². The number of anilines is 2. The van der Waals surface area contributed by atoms with E-state index in [4.69, 9.17) is 0 Å². The Hall–Kier alpha value is -2.38. The van der Waals surface area contributed by atoms with Crippen LogP contribution in [0.25, 0.3) is 0 Å². The highest BCUT2D eigenvalue weighted by atomic mass is 32.2. The fourth-order valence-corrected chi connectivity index (χ4v) is 3.82. The van der Waals surface area contributed by atoms with Gasteiger partial charge in [-0.25, -0.2) is 8.42 Å². The van der Waals surface area contributed by atoms with Crippen molar-refractivity contribution in [2.75, 3.05) is 36.8 Å². The molecule has 0 saturated carbocycles. The van der Waals surface area contributed by atoms with Crippen molar-refractivity contribution >= 4 is 27.3 Å². The maximum Gasteiger partial charge on any atom is 0.264 e. The average molecular weight is 375 g/mol. The molecule has 2 aromatic rings. The van der Waals surface area contributed by atoms with E-state index in [0.29, 0.717) is 30.9 Å². The lowest BCUT2D eigenvalue weighted by molar-refractivity contribution is -0.115. The minimum Gasteiger partial charge on any atom is -0.326 e. The molecule has 140 valence electrons. The first-order valence-corrected chi connectivity index (χ1v) is 9.91. The number of nitrogens with one attached hydrogen (secondary N) is 1. The zero-order valence-electron chi connectivity index (χ0n) is 15.3. The topological polar surface area (TPSA) is 69.7 Å². The summed E-state index contributed by atoms with van der Waals surface area (Å²) >= 11 is 0. The van der Waals surface area contributed by atoms with Gasteiger partial charge in [0, 0.05) is 25.2 Å². The largest absolute Gasteiger partial charge is 0.326 e. The van der Waals surface area contributed by atoms with E-state index < -0.39 is 10.0 Å². The summed E-state index contributed by atoms with van der Waals surface area (Å²) in [6, 6.07) is 15.3. The molecule has 0 aliphatic heterocycles. The second-order valence-electron chi connectivity index (χ2n) is 6.14. The lowest BCUT2D eigenvalue weighted by atomic mass is 10.3. The summed E-state index contributed by atoms with van der Waals surface area (Å²) in [7, 11) is 0.101. The van der Waals surface area contributed by atoms with Gasteiger partial charge in [-0.05, 0) is 50.5 Å². The minimum atomic E-state index is -3.71. The van der Waals surface area contributed by atoms with Crippen molar-refractivity contribution in [3.8, 4) is 0 Å². The molecule has 0 radical (unpaired) electrons. The second-order valence-corrected chi connectivity index (χ2v) is 8.00. The zero-order valence-corrected chi connectivity index (χ0v) is 16.2. The van der Waals surface area contributed by atoms with Crippen molar-refractivity contribution in [2.45, 2.75) is 18.2 Å². The molecule has 2 rings (SSSR count). The molecule has 26 heavy (non-hydrogen) atoms. The van der Waals surface area contributed by atoms with Gasteiger partial charge < -0.3 is 10.2 Å². The number of para-hydroxylation sites is 1. The predicted octanol–water partition coefficient (Wildman–Crippen LogP) is 2.79. The highest BCUT2D eigenvalue weighted by molar-refractivity contribution is 7.92. The smallest absolute Gasteiger partial charge is 0.264 e. The van der Waals surface area contributed by atoms with Crippen molar-refractivity contribution in [1.29, 1.82) is 0 Å². The van der Waals surface area contributed by atoms with Crippen LogP contribution in [0.4, 0.5) is 11.4 Å². The van der Waals surface area contributed by atoms with E-state index in [1.54, 1.807) is 31.2 Å². The lowest BCUT2D eigenvalue weighted by Gasteiger charge is -2.26. The van der Waals surface area contributed by atoms with Crippen LogP contribution >= 0.6 is 0 Å². The molecular weight excluding hydrogens is 350 g/mol. The number of benzene rings is 2. The Morgan fingerprint density at radius 2 is 1.58 bits per heavy atom. The summed E-state index contributed by atoms with van der Waals surface area (Å²) in [5.41, 5.74) is 1.20. The fourth-order valence-electron chi connectivity index (χ4n) is 2.36. The van der Waals surface area contributed by atoms with Gasteiger partial charge in [-0.1, -0.05) is 25.1 Å². The lowest BCUT2D eigenvalue weighted by Crippen LogP contribution is -2.36. The summed E-state index contributed by atoms with van der Waals surface area (Å²) in [6.07, 6.45) is 0.367. The molecule has 6 nitrogen and oxygen atoms in total. The molecule has 0 bridgehead atoms. The van der Waals surface area contributed by atoms with Crippen LogP contribution in [0.3, 0.4) is 0 Å². The monoisotopic (exact) mass is 375 g/mol. The van der Waals surface area contributed by atoms with Crippen LogP contribution in [0.2, 0.25) is 0 Å². The summed E-state index contributed by atoms with van der Waals surface area (Å²) < 4.78 is 27.7. The highest BCUT2D eigenvalue weighted by Gasteiger charge is 2.24. The average Bonchev–Trinajstić information content (AvgIpc) is 2.62. The van der Waals surface area contributed by atoms with Gasteiger partial charge in [0.25, 0.3) is 10.0 Å². The van der Waals surface area contributed by atoms with Gasteiger partial charge in [-0.3, -0.25) is 9.10 Å². The van der Waals surface area contributed by atoms with E-state index in [0.717, 1.165) is 0 Å². The van der Waals surface area contributed by atoms with Gasteiger partial charge in [-0.15, -0.1) is 0 Å². The third-order valence-electron chi connectivity index (χ3n) is 3.84. The number of nitrogens with zero attached hydrogens (tertiary/aromatic N) is 2. The molecule has 0 fully saturated rings. The van der Waals surface area contributed by atoms with E-state index in [2.05, 4.69) is 5.32 Å². The Balaban J connectivity index is 2.32. The predicted molar refractivity (Wildman–Crippen MR) is 105 cm³/mol. The molecule has 2 aromatic carbocycles. The number of amides is 1. The van der Waals surface area contributed by atoms with E-state index in [1.807, 2.05) is 37.2 Å². The molecule has 0 atom stereocenters. The summed E-state index contributed by atoms with van der Waals surface area (Å²) in [4.78, 5) is 13.6. The number of rotatable bonds is 8. The Morgan fingerprint density at radius 3 is 2.12 bits per heavy atom. The number of carbonyl (C=O) groups excluding carboxylic acids is 1. The Morgan fingerprint density at radius 1 is 0.962 bits per heavy atom. The normalized spacial score (nSPS) is 11.4. The van der Waals surface area contributed by atoms with Crippen LogP contribution < -0.4 is 9.62 Å². The van der Waals surface area contributed by atoms with E-state index in [9.17, 15) is 13.2 Å². The summed E-state index contributed by atoms with van der Waals surface area (Å²) in [5, 5.41) is 2.72. The molecule has 1 N–H and O–H groups in total. The maximum atomic E-state index is 13.2. The van der Waals surface area contributed by atoms with Crippen LogP contribution in [-0.2, 0) is 14.8 Å². The fraction of sp³-hybridized carbons (Fsp3) is 0.316. The van der Waals surface area contributed by atoms with Crippen LogP contribution in [0.5, 0.6) is 0 Å². The van der Waals surface area contributed by atoms with E-state index in [1.165, 1.54) is 16.4 Å². The van der Waals surface area contributed by atoms with Crippen molar-refractivity contribution < 1.29 is 13.2 Å². The van der Waals surface area contributed by atoms with Gasteiger partial charge in [0.1, 0.15) is 0 Å². The Bertz CT molecular complexity index is 819. The zero-order chi connectivity index (χ0) is 19.2. The van der Waals surface area contributed by atoms with Gasteiger partial charge in [0.2, 0.25) is 5.91 Å². The van der Waals surface area contributed by atoms with Crippen LogP contribution in [0.15, 0.2) is 59.5 Å². The molecule has 0 saturated heterocycles. The summed E-state index contributed by atoms with van der Waals surface area (Å²) in [5.74, 6) is -0.113. The van der Waals surface area contributed by atoms with Crippen molar-refractivity contribution in [2.24, 2.45) is 0 Å². The van der Waals surface area contributed by atoms with Gasteiger partial charge in [0.05, 0.1) is 10.6 Å². The third kappa shape index (κ3) is 5.06. The minimum absolute atomic E-state index is 0.113. The van der Waals surface area contributed by atoms with Gasteiger partial charge >= 0.3 is 0 Å². The quantitative estimate of drug-likeness (QED) is 0.770. The molecule has 0 aliphatic rings. The molecule has 0 unspecified atom stereocenters. The first-order chi connectivity index (χ1) is 12.3. The summed E-state index contributed by atoms with van der Waals surface area (Å²) in [6.45, 7) is 2.70. The molecule has 7 heteroatoms. The second kappa shape index (κ2) is 8.82. The van der Waals surface area contributed by atoms with Crippen LogP contribution in [0, 0.1) is 0 Å². The van der Waals surface area contributed by atoms with Crippen molar-refractivity contribution in [3.05, 3.63) is 54.6 Å². The van der Waals surface area contributed by atoms with Crippen LogP contribution in [0.1, 0.15) is 13.3 Å². The number of hydrogen-bond donors (Lipinski definition) is 1. The molecule has 0 aromatic heterocycles. The highest BCUT2D eigenvalue weighted by Crippen LogP contribution is 2.24. The molecular formula is C19H25N3O3S.